The summed E-state index contributed by atoms with van der Waals surface area (Å²) in [5.74, 6) is -0.607. The zero-order chi connectivity index (χ0) is 23.5. The minimum Gasteiger partial charge on any atom is -0.339 e. The number of carbonyl (C=O) groups is 2. The van der Waals surface area contributed by atoms with Crippen LogP contribution in [0.15, 0.2) is 64.2 Å². The smallest absolute Gasteiger partial charge is 0.339 e. The molecule has 0 spiro atoms. The van der Waals surface area contributed by atoms with Crippen LogP contribution >= 0.6 is 0 Å². The normalized spacial score (nSPS) is 13.8. The van der Waals surface area contributed by atoms with Gasteiger partial charge in [-0.2, -0.15) is 9.78 Å². The van der Waals surface area contributed by atoms with Gasteiger partial charge in [0.25, 0.3) is 11.5 Å². The molecule has 3 aromatic rings. The number of aromatic nitrogens is 3. The van der Waals surface area contributed by atoms with E-state index in [4.69, 9.17) is 0 Å². The summed E-state index contributed by atoms with van der Waals surface area (Å²) in [5, 5.41) is 4.19. The molecular weight excluding hydrogens is 422 g/mol. The maximum absolute atomic E-state index is 13.3. The standard InChI is InChI=1S/C24H25N5O4/c1-17-7-6-8-19(15-17)16-28-23(32)21(22(31)27-13-11-26(12-14-27)18(2)30)25-29(24(28)33)20-9-4-3-5-10-20/h3-10,15H,11-14,16H2,1-2H3. The van der Waals surface area contributed by atoms with Crippen molar-refractivity contribution in [2.24, 2.45) is 0 Å². The molecule has 1 fully saturated rings. The van der Waals surface area contributed by atoms with Crippen LogP contribution in [0.25, 0.3) is 5.69 Å². The van der Waals surface area contributed by atoms with Gasteiger partial charge in [0.15, 0.2) is 0 Å². The zero-order valence-electron chi connectivity index (χ0n) is 18.6. The highest BCUT2D eigenvalue weighted by Crippen LogP contribution is 2.08. The molecule has 0 unspecified atom stereocenters. The fourth-order valence-electron chi connectivity index (χ4n) is 3.89. The number of rotatable bonds is 4. The van der Waals surface area contributed by atoms with E-state index in [9.17, 15) is 19.2 Å². The van der Waals surface area contributed by atoms with Crippen LogP contribution in [0.2, 0.25) is 0 Å². The van der Waals surface area contributed by atoms with Crippen molar-refractivity contribution in [1.82, 2.24) is 24.1 Å². The van der Waals surface area contributed by atoms with Crippen molar-refractivity contribution < 1.29 is 9.59 Å². The highest BCUT2D eigenvalue weighted by atomic mass is 16.2. The molecule has 2 aromatic carbocycles. The van der Waals surface area contributed by atoms with Gasteiger partial charge in [0.05, 0.1) is 12.2 Å². The molecule has 0 aliphatic carbocycles. The van der Waals surface area contributed by atoms with E-state index in [1.54, 1.807) is 35.2 Å². The first kappa shape index (κ1) is 22.2. The number of carbonyl (C=O) groups excluding carboxylic acids is 2. The molecule has 0 atom stereocenters. The van der Waals surface area contributed by atoms with Crippen LogP contribution in [0.5, 0.6) is 0 Å². The Kier molecular flexibility index (Phi) is 6.21. The van der Waals surface area contributed by atoms with E-state index in [0.717, 1.165) is 20.4 Å². The SMILES string of the molecule is CC(=O)N1CCN(C(=O)c2nn(-c3ccccc3)c(=O)n(Cc3cccc(C)c3)c2=O)CC1. The first-order valence-electron chi connectivity index (χ1n) is 10.7. The van der Waals surface area contributed by atoms with Gasteiger partial charge in [0.1, 0.15) is 0 Å². The molecule has 2 amide bonds. The Bertz CT molecular complexity index is 1300. The molecule has 0 saturated carbocycles. The number of aryl methyl sites for hydroxylation is 1. The molecule has 0 N–H and O–H groups in total. The Morgan fingerprint density at radius 3 is 2.21 bits per heavy atom. The summed E-state index contributed by atoms with van der Waals surface area (Å²) < 4.78 is 2.14. The van der Waals surface area contributed by atoms with Gasteiger partial charge in [-0.15, -0.1) is 0 Å². The molecule has 1 aliphatic rings. The van der Waals surface area contributed by atoms with Crippen molar-refractivity contribution in [2.45, 2.75) is 20.4 Å². The summed E-state index contributed by atoms with van der Waals surface area (Å²) in [6.07, 6.45) is 0. The summed E-state index contributed by atoms with van der Waals surface area (Å²) in [4.78, 5) is 54.6. The van der Waals surface area contributed by atoms with Gasteiger partial charge in [0.2, 0.25) is 11.6 Å². The van der Waals surface area contributed by atoms with Gasteiger partial charge in [-0.1, -0.05) is 48.0 Å². The predicted molar refractivity (Wildman–Crippen MR) is 123 cm³/mol. The van der Waals surface area contributed by atoms with E-state index in [0.29, 0.717) is 31.9 Å². The van der Waals surface area contributed by atoms with Crippen molar-refractivity contribution >= 4 is 11.8 Å². The second-order valence-electron chi connectivity index (χ2n) is 8.06. The quantitative estimate of drug-likeness (QED) is 0.596. The molecule has 2 heterocycles. The minimum atomic E-state index is -0.729. The molecule has 4 rings (SSSR count). The maximum Gasteiger partial charge on any atom is 0.352 e. The van der Waals surface area contributed by atoms with Crippen LogP contribution in [0.4, 0.5) is 0 Å². The third kappa shape index (κ3) is 4.62. The summed E-state index contributed by atoms with van der Waals surface area (Å²) >= 11 is 0. The Labute approximate surface area is 190 Å². The van der Waals surface area contributed by atoms with Crippen molar-refractivity contribution in [3.63, 3.8) is 0 Å². The Morgan fingerprint density at radius 1 is 0.909 bits per heavy atom. The van der Waals surface area contributed by atoms with E-state index in [1.807, 2.05) is 31.2 Å². The molecule has 170 valence electrons. The van der Waals surface area contributed by atoms with Crippen molar-refractivity contribution in [1.29, 1.82) is 0 Å². The van der Waals surface area contributed by atoms with Crippen LogP contribution in [0.3, 0.4) is 0 Å². The lowest BCUT2D eigenvalue weighted by atomic mass is 10.1. The fraction of sp³-hybridized carbons (Fsp3) is 0.292. The largest absolute Gasteiger partial charge is 0.352 e. The summed E-state index contributed by atoms with van der Waals surface area (Å²) in [6, 6.07) is 16.2. The van der Waals surface area contributed by atoms with Crippen molar-refractivity contribution in [3.8, 4) is 5.69 Å². The molecule has 1 aromatic heterocycles. The lowest BCUT2D eigenvalue weighted by Gasteiger charge is -2.33. The van der Waals surface area contributed by atoms with Gasteiger partial charge in [-0.05, 0) is 24.6 Å². The minimum absolute atomic E-state index is 0.0209. The van der Waals surface area contributed by atoms with Crippen LogP contribution in [0.1, 0.15) is 28.5 Å². The fourth-order valence-corrected chi connectivity index (χ4v) is 3.89. The van der Waals surface area contributed by atoms with E-state index in [2.05, 4.69) is 5.10 Å². The molecule has 0 bridgehead atoms. The molecule has 9 nitrogen and oxygen atoms in total. The number of amides is 2. The molecule has 1 aliphatic heterocycles. The Balaban J connectivity index is 1.78. The highest BCUT2D eigenvalue weighted by Gasteiger charge is 2.28. The van der Waals surface area contributed by atoms with Gasteiger partial charge in [0, 0.05) is 33.1 Å². The Morgan fingerprint density at radius 2 is 1.58 bits per heavy atom. The lowest BCUT2D eigenvalue weighted by Crippen LogP contribution is -2.52. The van der Waals surface area contributed by atoms with Gasteiger partial charge in [-0.3, -0.25) is 19.0 Å². The molecular formula is C24H25N5O4. The summed E-state index contributed by atoms with van der Waals surface area (Å²) in [6.45, 7) is 4.79. The summed E-state index contributed by atoms with van der Waals surface area (Å²) in [5.41, 5.74) is 0.558. The zero-order valence-corrected chi connectivity index (χ0v) is 18.6. The van der Waals surface area contributed by atoms with Gasteiger partial charge in [-0.25, -0.2) is 4.79 Å². The van der Waals surface area contributed by atoms with Gasteiger partial charge >= 0.3 is 5.69 Å². The van der Waals surface area contributed by atoms with Crippen LogP contribution in [-0.4, -0.2) is 62.1 Å². The third-order valence-corrected chi connectivity index (χ3v) is 5.70. The number of piperazine rings is 1. The average Bonchev–Trinajstić information content (AvgIpc) is 2.82. The van der Waals surface area contributed by atoms with Gasteiger partial charge < -0.3 is 9.80 Å². The number of hydrogen-bond donors (Lipinski definition) is 0. The van der Waals surface area contributed by atoms with Crippen molar-refractivity contribution in [3.05, 3.63) is 92.3 Å². The van der Waals surface area contributed by atoms with Crippen LogP contribution in [-0.2, 0) is 11.3 Å². The summed E-state index contributed by atoms with van der Waals surface area (Å²) in [7, 11) is 0. The molecule has 33 heavy (non-hydrogen) atoms. The second-order valence-corrected chi connectivity index (χ2v) is 8.06. The van der Waals surface area contributed by atoms with E-state index in [1.165, 1.54) is 11.8 Å². The highest BCUT2D eigenvalue weighted by molar-refractivity contribution is 5.92. The number of benzene rings is 2. The predicted octanol–water partition coefficient (Wildman–Crippen LogP) is 1.06. The lowest BCUT2D eigenvalue weighted by molar-refractivity contribution is -0.130. The monoisotopic (exact) mass is 447 g/mol. The first-order chi connectivity index (χ1) is 15.8. The third-order valence-electron chi connectivity index (χ3n) is 5.70. The number of hydrogen-bond acceptors (Lipinski definition) is 5. The van der Waals surface area contributed by atoms with E-state index < -0.39 is 17.2 Å². The average molecular weight is 447 g/mol. The van der Waals surface area contributed by atoms with E-state index >= 15 is 0 Å². The molecule has 9 heteroatoms. The van der Waals surface area contributed by atoms with Crippen LogP contribution in [0, 0.1) is 6.92 Å². The number of para-hydroxylation sites is 1. The first-order valence-corrected chi connectivity index (χ1v) is 10.7. The number of nitrogens with zero attached hydrogens (tertiary/aromatic N) is 5. The second kappa shape index (κ2) is 9.23. The van der Waals surface area contributed by atoms with Crippen molar-refractivity contribution in [2.75, 3.05) is 26.2 Å². The topological polar surface area (TPSA) is 97.5 Å². The Hall–Kier alpha value is -4.01. The van der Waals surface area contributed by atoms with E-state index in [-0.39, 0.29) is 18.1 Å². The maximum atomic E-state index is 13.3. The molecule has 1 saturated heterocycles. The van der Waals surface area contributed by atoms with Crippen LogP contribution < -0.4 is 11.2 Å². The molecule has 0 radical (unpaired) electrons.